The number of halogens is 1. The maximum absolute atomic E-state index is 13.5. The van der Waals surface area contributed by atoms with Crippen molar-refractivity contribution in [2.75, 3.05) is 24.7 Å². The minimum atomic E-state index is -3.55. The minimum absolute atomic E-state index is 0.260. The zero-order chi connectivity index (χ0) is 23.6. The van der Waals surface area contributed by atoms with Gasteiger partial charge in [0, 0.05) is 31.4 Å². The molecule has 7 nitrogen and oxygen atoms in total. The van der Waals surface area contributed by atoms with Gasteiger partial charge in [-0.25, -0.2) is 17.3 Å². The normalized spacial score (nSPS) is 11.6. The molecule has 4 aromatic rings. The Morgan fingerprint density at radius 2 is 1.76 bits per heavy atom. The number of benzene rings is 2. The zero-order valence-corrected chi connectivity index (χ0v) is 19.3. The number of rotatable bonds is 8. The van der Waals surface area contributed by atoms with E-state index in [2.05, 4.69) is 5.10 Å². The second kappa shape index (κ2) is 9.21. The summed E-state index contributed by atoms with van der Waals surface area (Å²) in [6.07, 6.45) is 2.74. The first-order valence-electron chi connectivity index (χ1n) is 10.2. The molecule has 0 atom stereocenters. The van der Waals surface area contributed by atoms with E-state index in [-0.39, 0.29) is 19.0 Å². The average Bonchev–Trinajstić information content (AvgIpc) is 3.14. The highest BCUT2D eigenvalue weighted by atomic mass is 32.2. The van der Waals surface area contributed by atoms with Gasteiger partial charge < -0.3 is 9.47 Å². The quantitative estimate of drug-likeness (QED) is 0.386. The molecular weight excluding hydrogens is 445 g/mol. The summed E-state index contributed by atoms with van der Waals surface area (Å²) in [5.41, 5.74) is 4.11. The molecule has 0 amide bonds. The Morgan fingerprint density at radius 3 is 2.39 bits per heavy atom. The van der Waals surface area contributed by atoms with Crippen LogP contribution < -0.4 is 9.04 Å². The number of hydrogen-bond acceptors (Lipinski definition) is 5. The van der Waals surface area contributed by atoms with Crippen LogP contribution in [-0.2, 0) is 28.0 Å². The predicted molar refractivity (Wildman–Crippen MR) is 125 cm³/mol. The van der Waals surface area contributed by atoms with Crippen LogP contribution in [0.25, 0.3) is 16.8 Å². The van der Waals surface area contributed by atoms with Gasteiger partial charge in [0.05, 0.1) is 30.3 Å². The number of methoxy groups -OCH3 is 1. The Morgan fingerprint density at radius 1 is 1.06 bits per heavy atom. The summed E-state index contributed by atoms with van der Waals surface area (Å²) in [6, 6.07) is 17.4. The molecule has 0 bridgehead atoms. The third-order valence-corrected chi connectivity index (χ3v) is 6.49. The standard InChI is InChI=1S/C24H24FN3O4S/c1-27(33(3,29)30)22-14-28-21(13-23(22)32-15-17-7-5-4-6-8-17)20(16-31-2)24(26-28)18-9-11-19(25)12-10-18/h4-14H,15-16H2,1-3H3. The molecule has 0 unspecified atom stereocenters. The smallest absolute Gasteiger partial charge is 0.232 e. The van der Waals surface area contributed by atoms with E-state index < -0.39 is 10.0 Å². The second-order valence-corrected chi connectivity index (χ2v) is 9.64. The van der Waals surface area contributed by atoms with Gasteiger partial charge in [0.25, 0.3) is 0 Å². The minimum Gasteiger partial charge on any atom is -0.487 e. The van der Waals surface area contributed by atoms with Gasteiger partial charge in [0.1, 0.15) is 23.9 Å². The molecule has 0 radical (unpaired) electrons. The molecule has 9 heteroatoms. The highest BCUT2D eigenvalue weighted by molar-refractivity contribution is 7.92. The van der Waals surface area contributed by atoms with Crippen molar-refractivity contribution in [3.05, 3.63) is 83.8 Å². The number of anilines is 1. The number of sulfonamides is 1. The molecule has 0 spiro atoms. The molecule has 2 aromatic heterocycles. The molecule has 2 heterocycles. The van der Waals surface area contributed by atoms with Crippen LogP contribution >= 0.6 is 0 Å². The Balaban J connectivity index is 1.87. The molecule has 4 rings (SSSR count). The summed E-state index contributed by atoms with van der Waals surface area (Å²) in [5, 5.41) is 4.65. The third kappa shape index (κ3) is 4.84. The van der Waals surface area contributed by atoms with Crippen LogP contribution in [0.1, 0.15) is 11.1 Å². The summed E-state index contributed by atoms with van der Waals surface area (Å²) in [5.74, 6) is 0.0478. The molecule has 172 valence electrons. The van der Waals surface area contributed by atoms with E-state index in [9.17, 15) is 12.8 Å². The van der Waals surface area contributed by atoms with Crippen molar-refractivity contribution in [2.24, 2.45) is 0 Å². The fourth-order valence-electron chi connectivity index (χ4n) is 3.50. The van der Waals surface area contributed by atoms with Crippen LogP contribution in [0.2, 0.25) is 0 Å². The van der Waals surface area contributed by atoms with E-state index in [0.717, 1.165) is 27.3 Å². The monoisotopic (exact) mass is 469 g/mol. The molecule has 2 aromatic carbocycles. The molecule has 0 aliphatic rings. The Hall–Kier alpha value is -3.43. The van der Waals surface area contributed by atoms with Gasteiger partial charge in [0.15, 0.2) is 0 Å². The van der Waals surface area contributed by atoms with E-state index in [1.165, 1.54) is 19.2 Å². The molecular formula is C24H24FN3O4S. The first-order chi connectivity index (χ1) is 15.8. The van der Waals surface area contributed by atoms with Crippen molar-refractivity contribution in [3.63, 3.8) is 0 Å². The van der Waals surface area contributed by atoms with Gasteiger partial charge in [-0.15, -0.1) is 0 Å². The van der Waals surface area contributed by atoms with E-state index >= 15 is 0 Å². The van der Waals surface area contributed by atoms with Crippen LogP contribution in [0, 0.1) is 5.82 Å². The van der Waals surface area contributed by atoms with E-state index in [1.807, 2.05) is 30.3 Å². The Labute approximate surface area is 192 Å². The van der Waals surface area contributed by atoms with E-state index in [4.69, 9.17) is 9.47 Å². The predicted octanol–water partition coefficient (Wildman–Crippen LogP) is 4.26. The van der Waals surface area contributed by atoms with Crippen LogP contribution in [0.15, 0.2) is 66.9 Å². The number of ether oxygens (including phenoxy) is 2. The summed E-state index contributed by atoms with van der Waals surface area (Å²) < 4.78 is 52.3. The Bertz CT molecular complexity index is 1370. The van der Waals surface area contributed by atoms with Gasteiger partial charge in [-0.2, -0.15) is 5.10 Å². The lowest BCUT2D eigenvalue weighted by molar-refractivity contribution is 0.186. The molecule has 33 heavy (non-hydrogen) atoms. The number of fused-ring (bicyclic) bond motifs is 1. The molecule has 0 saturated heterocycles. The molecule has 0 aliphatic carbocycles. The van der Waals surface area contributed by atoms with Crippen molar-refractivity contribution < 1.29 is 22.3 Å². The lowest BCUT2D eigenvalue weighted by Crippen LogP contribution is -2.25. The molecule has 0 saturated carbocycles. The van der Waals surface area contributed by atoms with E-state index in [0.29, 0.717) is 22.6 Å². The fourth-order valence-corrected chi connectivity index (χ4v) is 4.00. The van der Waals surface area contributed by atoms with Crippen LogP contribution in [-0.4, -0.2) is 38.4 Å². The summed E-state index contributed by atoms with van der Waals surface area (Å²) in [4.78, 5) is 0. The lowest BCUT2D eigenvalue weighted by Gasteiger charge is -2.20. The van der Waals surface area contributed by atoms with Gasteiger partial charge in [-0.1, -0.05) is 30.3 Å². The van der Waals surface area contributed by atoms with Crippen molar-refractivity contribution in [2.45, 2.75) is 13.2 Å². The molecule has 0 aliphatic heterocycles. The average molecular weight is 470 g/mol. The first-order valence-corrected chi connectivity index (χ1v) is 12.0. The van der Waals surface area contributed by atoms with Crippen LogP contribution in [0.5, 0.6) is 5.75 Å². The Kier molecular flexibility index (Phi) is 6.35. The number of hydrogen-bond donors (Lipinski definition) is 0. The van der Waals surface area contributed by atoms with Crippen LogP contribution in [0.3, 0.4) is 0 Å². The highest BCUT2D eigenvalue weighted by Gasteiger charge is 2.22. The van der Waals surface area contributed by atoms with Gasteiger partial charge in [-0.05, 0) is 29.8 Å². The summed E-state index contributed by atoms with van der Waals surface area (Å²) in [6.45, 7) is 0.524. The maximum Gasteiger partial charge on any atom is 0.232 e. The topological polar surface area (TPSA) is 73.1 Å². The second-order valence-electron chi connectivity index (χ2n) is 7.62. The number of aromatic nitrogens is 2. The zero-order valence-electron chi connectivity index (χ0n) is 18.5. The van der Waals surface area contributed by atoms with Crippen molar-refractivity contribution in [3.8, 4) is 17.0 Å². The molecule has 0 fully saturated rings. The van der Waals surface area contributed by atoms with Crippen molar-refractivity contribution in [1.82, 2.24) is 9.61 Å². The first kappa shape index (κ1) is 22.8. The van der Waals surface area contributed by atoms with E-state index in [1.54, 1.807) is 36.0 Å². The van der Waals surface area contributed by atoms with Gasteiger partial charge >= 0.3 is 0 Å². The van der Waals surface area contributed by atoms with Gasteiger partial charge in [0.2, 0.25) is 10.0 Å². The van der Waals surface area contributed by atoms with Crippen LogP contribution in [0.4, 0.5) is 10.1 Å². The SMILES string of the molecule is COCc1c(-c2ccc(F)cc2)nn2cc(N(C)S(C)(=O)=O)c(OCc3ccccc3)cc12. The summed E-state index contributed by atoms with van der Waals surface area (Å²) >= 11 is 0. The van der Waals surface area contributed by atoms with Crippen molar-refractivity contribution in [1.29, 1.82) is 0 Å². The van der Waals surface area contributed by atoms with Gasteiger partial charge in [-0.3, -0.25) is 4.31 Å². The number of pyridine rings is 1. The fraction of sp³-hybridized carbons (Fsp3) is 0.208. The largest absolute Gasteiger partial charge is 0.487 e. The molecule has 0 N–H and O–H groups in total. The maximum atomic E-state index is 13.5. The summed E-state index contributed by atoms with van der Waals surface area (Å²) in [7, 11) is -0.510. The third-order valence-electron chi connectivity index (χ3n) is 5.29. The highest BCUT2D eigenvalue weighted by Crippen LogP contribution is 2.35. The van der Waals surface area contributed by atoms with Crippen molar-refractivity contribution >= 4 is 21.2 Å². The number of nitrogens with zero attached hydrogens (tertiary/aromatic N) is 3. The lowest BCUT2D eigenvalue weighted by atomic mass is 10.1.